The van der Waals surface area contributed by atoms with Crippen molar-refractivity contribution < 1.29 is 4.79 Å². The fraction of sp³-hybridized carbons (Fsp3) is 0.250. The molecule has 1 aliphatic rings. The number of halogens is 2. The molecular formula is C16H15Cl2N7O. The number of aryl methyl sites for hydroxylation is 1. The maximum atomic E-state index is 12.1. The Labute approximate surface area is 158 Å². The molecule has 26 heavy (non-hydrogen) atoms. The first kappa shape index (κ1) is 16.9. The minimum atomic E-state index is -0.483. The van der Waals surface area contributed by atoms with Gasteiger partial charge in [0.05, 0.1) is 6.20 Å². The lowest BCUT2D eigenvalue weighted by Gasteiger charge is -2.11. The van der Waals surface area contributed by atoms with E-state index >= 15 is 0 Å². The molecule has 134 valence electrons. The molecule has 3 aromatic heterocycles. The summed E-state index contributed by atoms with van der Waals surface area (Å²) in [7, 11) is 1.84. The van der Waals surface area contributed by atoms with E-state index in [1.165, 1.54) is 17.7 Å². The van der Waals surface area contributed by atoms with Crippen LogP contribution < -0.4 is 16.2 Å². The average molecular weight is 392 g/mol. The number of amides is 2. The van der Waals surface area contributed by atoms with Gasteiger partial charge in [0.2, 0.25) is 0 Å². The van der Waals surface area contributed by atoms with Crippen molar-refractivity contribution in [3.8, 4) is 0 Å². The number of aromatic nitrogens is 4. The van der Waals surface area contributed by atoms with Crippen LogP contribution in [-0.2, 0) is 7.05 Å². The van der Waals surface area contributed by atoms with Crippen LogP contribution in [-0.4, -0.2) is 25.8 Å². The largest absolute Gasteiger partial charge is 0.337 e. The Kier molecular flexibility index (Phi) is 4.29. The highest BCUT2D eigenvalue weighted by molar-refractivity contribution is 6.32. The fourth-order valence-corrected chi connectivity index (χ4v) is 3.22. The van der Waals surface area contributed by atoms with Crippen LogP contribution in [0.4, 0.5) is 16.3 Å². The number of hydrogen-bond donors (Lipinski definition) is 3. The zero-order chi connectivity index (χ0) is 18.3. The second-order valence-corrected chi connectivity index (χ2v) is 6.86. The van der Waals surface area contributed by atoms with Crippen LogP contribution in [0.15, 0.2) is 24.4 Å². The summed E-state index contributed by atoms with van der Waals surface area (Å²) in [5.74, 6) is 1.07. The van der Waals surface area contributed by atoms with Crippen molar-refractivity contribution in [3.63, 3.8) is 0 Å². The van der Waals surface area contributed by atoms with Crippen molar-refractivity contribution in [2.24, 2.45) is 7.05 Å². The summed E-state index contributed by atoms with van der Waals surface area (Å²) in [5, 5.41) is 8.32. The van der Waals surface area contributed by atoms with E-state index in [2.05, 4.69) is 31.2 Å². The predicted molar refractivity (Wildman–Crippen MR) is 101 cm³/mol. The predicted octanol–water partition coefficient (Wildman–Crippen LogP) is 3.70. The van der Waals surface area contributed by atoms with E-state index in [1.807, 2.05) is 19.3 Å². The first-order valence-corrected chi connectivity index (χ1v) is 8.74. The van der Waals surface area contributed by atoms with E-state index < -0.39 is 6.03 Å². The van der Waals surface area contributed by atoms with E-state index in [-0.39, 0.29) is 10.3 Å². The quantitative estimate of drug-likeness (QED) is 0.465. The minimum absolute atomic E-state index is 0.193. The van der Waals surface area contributed by atoms with Gasteiger partial charge < -0.3 is 5.32 Å². The molecule has 0 spiro atoms. The summed E-state index contributed by atoms with van der Waals surface area (Å²) in [6.07, 6.45) is 4.15. The molecule has 0 radical (unpaired) electrons. The van der Waals surface area contributed by atoms with Gasteiger partial charge >= 0.3 is 6.03 Å². The molecule has 3 heterocycles. The molecule has 1 aliphatic carbocycles. The lowest BCUT2D eigenvalue weighted by Crippen LogP contribution is -2.34. The topological polar surface area (TPSA) is 96.8 Å². The van der Waals surface area contributed by atoms with Gasteiger partial charge in [-0.25, -0.2) is 14.8 Å². The van der Waals surface area contributed by atoms with E-state index in [0.29, 0.717) is 17.4 Å². The van der Waals surface area contributed by atoms with Crippen LogP contribution in [0.5, 0.6) is 0 Å². The number of carbonyl (C=O) groups excluding carboxylic acids is 1. The molecule has 0 aliphatic heterocycles. The van der Waals surface area contributed by atoms with Crippen LogP contribution in [0.25, 0.3) is 11.0 Å². The van der Waals surface area contributed by atoms with Crippen molar-refractivity contribution in [2.45, 2.75) is 18.8 Å². The number of anilines is 2. The van der Waals surface area contributed by atoms with Crippen molar-refractivity contribution in [1.82, 2.24) is 25.2 Å². The number of fused-ring (bicyclic) bond motifs is 1. The number of nitrogens with one attached hydrogen (secondary N) is 3. The number of pyridine rings is 2. The van der Waals surface area contributed by atoms with Gasteiger partial charge in [0.15, 0.2) is 5.65 Å². The monoisotopic (exact) mass is 391 g/mol. The summed E-state index contributed by atoms with van der Waals surface area (Å²) >= 11 is 11.6. The van der Waals surface area contributed by atoms with Crippen LogP contribution >= 0.6 is 23.2 Å². The number of carbonyl (C=O) groups is 1. The molecule has 3 N–H and O–H groups in total. The smallest absolute Gasteiger partial charge is 0.306 e. The first-order chi connectivity index (χ1) is 12.5. The Morgan fingerprint density at radius 2 is 1.92 bits per heavy atom. The Balaban J connectivity index is 1.48. The SMILES string of the molecule is Cn1ncc2c(C3CC3)cc(NNC(=O)Nc3cc(Cl)nc(Cl)c3)nc21. The maximum Gasteiger partial charge on any atom is 0.337 e. The van der Waals surface area contributed by atoms with Crippen molar-refractivity contribution >= 4 is 51.8 Å². The van der Waals surface area contributed by atoms with E-state index in [1.54, 1.807) is 4.68 Å². The third-order valence-corrected chi connectivity index (χ3v) is 4.47. The summed E-state index contributed by atoms with van der Waals surface area (Å²) in [6, 6.07) is 4.46. The van der Waals surface area contributed by atoms with Crippen molar-refractivity contribution in [2.75, 3.05) is 10.7 Å². The molecule has 0 bridgehead atoms. The molecule has 1 saturated carbocycles. The Morgan fingerprint density at radius 1 is 1.19 bits per heavy atom. The molecule has 0 saturated heterocycles. The van der Waals surface area contributed by atoms with Crippen molar-refractivity contribution in [1.29, 1.82) is 0 Å². The standard InChI is InChI=1S/C16H15Cl2N7O/c1-25-15-11(7-19-25)10(8-2-3-8)6-14(22-15)23-24-16(26)20-9-4-12(17)21-13(18)5-9/h4-8H,2-3H2,1H3,(H,22,23)(H2,20,21,24,26). The molecule has 1 fully saturated rings. The first-order valence-electron chi connectivity index (χ1n) is 7.98. The maximum absolute atomic E-state index is 12.1. The molecule has 0 atom stereocenters. The second-order valence-electron chi connectivity index (χ2n) is 6.08. The van der Waals surface area contributed by atoms with Gasteiger partial charge in [0, 0.05) is 18.1 Å². The summed E-state index contributed by atoms with van der Waals surface area (Å²) in [5.41, 5.74) is 7.78. The third-order valence-electron chi connectivity index (χ3n) is 4.08. The molecule has 0 aromatic carbocycles. The minimum Gasteiger partial charge on any atom is -0.306 e. The van der Waals surface area contributed by atoms with Gasteiger partial charge in [-0.05, 0) is 42.5 Å². The lowest BCUT2D eigenvalue weighted by molar-refractivity contribution is 0.254. The van der Waals surface area contributed by atoms with Crippen LogP contribution in [0.2, 0.25) is 10.3 Å². The zero-order valence-corrected chi connectivity index (χ0v) is 15.3. The molecular weight excluding hydrogens is 377 g/mol. The van der Waals surface area contributed by atoms with Gasteiger partial charge in [-0.15, -0.1) is 0 Å². The molecule has 8 nitrogen and oxygen atoms in total. The third kappa shape index (κ3) is 3.51. The van der Waals surface area contributed by atoms with Gasteiger partial charge in [0.25, 0.3) is 0 Å². The number of urea groups is 1. The lowest BCUT2D eigenvalue weighted by atomic mass is 10.1. The van der Waals surface area contributed by atoms with E-state index in [0.717, 1.165) is 23.9 Å². The summed E-state index contributed by atoms with van der Waals surface area (Å²) < 4.78 is 1.72. The second kappa shape index (κ2) is 6.62. The highest BCUT2D eigenvalue weighted by atomic mass is 35.5. The van der Waals surface area contributed by atoms with Crippen LogP contribution in [0.1, 0.15) is 24.3 Å². The van der Waals surface area contributed by atoms with Gasteiger partial charge in [0.1, 0.15) is 16.1 Å². The number of rotatable bonds is 4. The zero-order valence-electron chi connectivity index (χ0n) is 13.8. The summed E-state index contributed by atoms with van der Waals surface area (Å²) in [4.78, 5) is 20.4. The Morgan fingerprint density at radius 3 is 2.62 bits per heavy atom. The number of hydrogen-bond acceptors (Lipinski definition) is 5. The molecule has 10 heteroatoms. The Hall–Kier alpha value is -2.58. The van der Waals surface area contributed by atoms with Gasteiger partial charge in [-0.1, -0.05) is 23.2 Å². The fourth-order valence-electron chi connectivity index (χ4n) is 2.76. The van der Waals surface area contributed by atoms with Crippen LogP contribution in [0, 0.1) is 0 Å². The van der Waals surface area contributed by atoms with Gasteiger partial charge in [-0.3, -0.25) is 15.5 Å². The molecule has 0 unspecified atom stereocenters. The number of nitrogens with zero attached hydrogens (tertiary/aromatic N) is 4. The molecule has 4 rings (SSSR count). The molecule has 2 amide bonds. The van der Waals surface area contributed by atoms with Gasteiger partial charge in [-0.2, -0.15) is 5.10 Å². The van der Waals surface area contributed by atoms with E-state index in [4.69, 9.17) is 23.2 Å². The number of hydrazine groups is 1. The highest BCUT2D eigenvalue weighted by Crippen LogP contribution is 2.43. The molecule has 3 aromatic rings. The summed E-state index contributed by atoms with van der Waals surface area (Å²) in [6.45, 7) is 0. The normalized spacial score (nSPS) is 13.7. The average Bonchev–Trinajstić information content (AvgIpc) is 3.36. The van der Waals surface area contributed by atoms with Crippen LogP contribution in [0.3, 0.4) is 0 Å². The highest BCUT2D eigenvalue weighted by Gasteiger charge is 2.27. The van der Waals surface area contributed by atoms with E-state index in [9.17, 15) is 4.79 Å². The Bertz CT molecular complexity index is 979. The van der Waals surface area contributed by atoms with Crippen molar-refractivity contribution in [3.05, 3.63) is 40.3 Å².